The second-order valence-corrected chi connectivity index (χ2v) is 9.92. The van der Waals surface area contributed by atoms with Crippen LogP contribution < -0.4 is 0 Å². The van der Waals surface area contributed by atoms with E-state index in [1.807, 2.05) is 0 Å². The van der Waals surface area contributed by atoms with Gasteiger partial charge in [0.2, 0.25) is 0 Å². The smallest absolute Gasteiger partial charge is 0.306 e. The van der Waals surface area contributed by atoms with Crippen molar-refractivity contribution in [3.63, 3.8) is 0 Å². The van der Waals surface area contributed by atoms with E-state index in [-0.39, 0.29) is 17.0 Å². The first-order valence-electron chi connectivity index (χ1n) is 11.0. The molecule has 1 aliphatic heterocycles. The first kappa shape index (κ1) is 16.4. The van der Waals surface area contributed by atoms with Gasteiger partial charge in [-0.15, -0.1) is 0 Å². The van der Waals surface area contributed by atoms with Crippen molar-refractivity contribution in [1.29, 1.82) is 0 Å². The topological polar surface area (TPSA) is 58.9 Å². The summed E-state index contributed by atoms with van der Waals surface area (Å²) in [5.74, 6) is 4.06. The summed E-state index contributed by atoms with van der Waals surface area (Å²) in [6, 6.07) is 0. The van der Waals surface area contributed by atoms with Gasteiger partial charge in [0.25, 0.3) is 0 Å². The molecule has 0 aromatic heterocycles. The lowest BCUT2D eigenvalue weighted by molar-refractivity contribution is -0.175. The fourth-order valence-electron chi connectivity index (χ4n) is 8.55. The molecule has 1 heterocycles. The van der Waals surface area contributed by atoms with Gasteiger partial charge in [-0.25, -0.2) is 0 Å². The average Bonchev–Trinajstić information content (AvgIpc) is 3.34. The summed E-state index contributed by atoms with van der Waals surface area (Å²) in [5.41, 5.74) is 2.24. The maximum Gasteiger partial charge on any atom is 0.306 e. The highest BCUT2D eigenvalue weighted by Gasteiger charge is 2.79. The third-order valence-corrected chi connectivity index (χ3v) is 9.47. The summed E-state index contributed by atoms with van der Waals surface area (Å²) in [6.07, 6.45) is 15.4. The first-order valence-corrected chi connectivity index (χ1v) is 11.0. The van der Waals surface area contributed by atoms with Crippen molar-refractivity contribution in [3.05, 3.63) is 23.8 Å². The summed E-state index contributed by atoms with van der Waals surface area (Å²) in [4.78, 5) is 12.2. The number of hydrogen-bond acceptors (Lipinski definition) is 4. The van der Waals surface area contributed by atoms with E-state index in [1.165, 1.54) is 24.8 Å². The van der Waals surface area contributed by atoms with Crippen molar-refractivity contribution in [2.24, 2.45) is 46.1 Å². The van der Waals surface area contributed by atoms with Gasteiger partial charge in [-0.1, -0.05) is 24.2 Å². The van der Waals surface area contributed by atoms with Gasteiger partial charge >= 0.3 is 5.97 Å². The van der Waals surface area contributed by atoms with Crippen LogP contribution in [0.4, 0.5) is 0 Å². The molecule has 5 unspecified atom stereocenters. The standard InChI is InChI=1S/C23H29NO3/c1-2-22-9-7-16-15-6-4-14(24-26)11-13(15)3-5-17(16)21(22)18-12-19(18)23(22)10-8-20(25)27-23/h3,5,11,15-19,21,26H,2,4,6-10,12H2,1H3/b24-14+/t15-,16?,17?,18?,19?,21?,22-,23-/m0/s1. The van der Waals surface area contributed by atoms with Gasteiger partial charge in [0.15, 0.2) is 0 Å². The molecule has 1 saturated heterocycles. The SMILES string of the molecule is CC[C@]12CCC3C(C=CC4=C/C(=N/O)CC[C@@H]43)C1C1CC1[C@@]21CCC(=O)O1. The van der Waals surface area contributed by atoms with Gasteiger partial charge in [-0.3, -0.25) is 4.79 Å². The number of allylic oxidation sites excluding steroid dienone is 4. The van der Waals surface area contributed by atoms with Crippen LogP contribution in [0, 0.1) is 40.9 Å². The van der Waals surface area contributed by atoms with E-state index < -0.39 is 0 Å². The molecule has 0 amide bonds. The van der Waals surface area contributed by atoms with Gasteiger partial charge in [0.05, 0.1) is 5.71 Å². The number of oxime groups is 1. The van der Waals surface area contributed by atoms with Crippen LogP contribution in [0.2, 0.25) is 0 Å². The molecule has 5 aliphatic carbocycles. The molecule has 0 aromatic carbocycles. The fourth-order valence-corrected chi connectivity index (χ4v) is 8.55. The Labute approximate surface area is 160 Å². The van der Waals surface area contributed by atoms with E-state index in [4.69, 9.17) is 9.94 Å². The van der Waals surface area contributed by atoms with Gasteiger partial charge in [0.1, 0.15) is 5.60 Å². The van der Waals surface area contributed by atoms with Crippen molar-refractivity contribution < 1.29 is 14.7 Å². The summed E-state index contributed by atoms with van der Waals surface area (Å²) in [7, 11) is 0. The minimum atomic E-state index is -0.146. The van der Waals surface area contributed by atoms with E-state index >= 15 is 0 Å². The predicted octanol–water partition coefficient (Wildman–Crippen LogP) is 4.49. The highest BCUT2D eigenvalue weighted by Crippen LogP contribution is 2.79. The summed E-state index contributed by atoms with van der Waals surface area (Å²) >= 11 is 0. The summed E-state index contributed by atoms with van der Waals surface area (Å²) in [6.45, 7) is 2.34. The summed E-state index contributed by atoms with van der Waals surface area (Å²) < 4.78 is 6.22. The van der Waals surface area contributed by atoms with Crippen LogP contribution in [0.15, 0.2) is 29.0 Å². The molecule has 0 bridgehead atoms. The molecule has 1 N–H and O–H groups in total. The quantitative estimate of drug-likeness (QED) is 0.422. The van der Waals surface area contributed by atoms with Crippen molar-refractivity contribution in [2.75, 3.05) is 0 Å². The zero-order valence-electron chi connectivity index (χ0n) is 16.1. The Bertz CT molecular complexity index is 797. The van der Waals surface area contributed by atoms with Gasteiger partial charge < -0.3 is 9.94 Å². The molecule has 6 rings (SSSR count). The van der Waals surface area contributed by atoms with Gasteiger partial charge in [-0.2, -0.15) is 0 Å². The maximum absolute atomic E-state index is 12.2. The van der Waals surface area contributed by atoms with Crippen LogP contribution in [0.5, 0.6) is 0 Å². The summed E-state index contributed by atoms with van der Waals surface area (Å²) in [5, 5.41) is 12.6. The molecule has 27 heavy (non-hydrogen) atoms. The fraction of sp³-hybridized carbons (Fsp3) is 0.739. The largest absolute Gasteiger partial charge is 0.458 e. The maximum atomic E-state index is 12.2. The Morgan fingerprint density at radius 3 is 2.89 bits per heavy atom. The predicted molar refractivity (Wildman–Crippen MR) is 101 cm³/mol. The van der Waals surface area contributed by atoms with E-state index in [0.717, 1.165) is 37.3 Å². The van der Waals surface area contributed by atoms with E-state index in [2.05, 4.69) is 30.3 Å². The molecule has 0 aromatic rings. The lowest BCUT2D eigenvalue weighted by atomic mass is 9.49. The minimum Gasteiger partial charge on any atom is -0.458 e. The normalized spacial score (nSPS) is 53.4. The van der Waals surface area contributed by atoms with Crippen LogP contribution >= 0.6 is 0 Å². The Morgan fingerprint density at radius 1 is 1.26 bits per heavy atom. The molecule has 144 valence electrons. The number of carbonyl (C=O) groups excluding carboxylic acids is 1. The number of nitrogens with zero attached hydrogens (tertiary/aromatic N) is 1. The Morgan fingerprint density at radius 2 is 2.15 bits per heavy atom. The molecule has 6 aliphatic rings. The van der Waals surface area contributed by atoms with Crippen LogP contribution in [0.1, 0.15) is 58.3 Å². The third-order valence-electron chi connectivity index (χ3n) is 9.47. The zero-order chi connectivity index (χ0) is 18.4. The monoisotopic (exact) mass is 367 g/mol. The molecule has 0 radical (unpaired) electrons. The number of fused-ring (bicyclic) bond motifs is 9. The minimum absolute atomic E-state index is 0.0451. The number of ether oxygens (including phenoxy) is 1. The Balaban J connectivity index is 1.41. The lowest BCUT2D eigenvalue weighted by Crippen LogP contribution is -2.55. The van der Waals surface area contributed by atoms with Crippen LogP contribution in [-0.4, -0.2) is 22.5 Å². The van der Waals surface area contributed by atoms with Crippen molar-refractivity contribution in [2.45, 2.75) is 63.9 Å². The highest BCUT2D eigenvalue weighted by molar-refractivity contribution is 5.96. The van der Waals surface area contributed by atoms with Crippen molar-refractivity contribution >= 4 is 11.7 Å². The molecular weight excluding hydrogens is 338 g/mol. The van der Waals surface area contributed by atoms with Crippen molar-refractivity contribution in [1.82, 2.24) is 0 Å². The highest BCUT2D eigenvalue weighted by atomic mass is 16.6. The second kappa shape index (κ2) is 5.27. The van der Waals surface area contributed by atoms with Gasteiger partial charge in [-0.05, 0) is 86.2 Å². The Kier molecular flexibility index (Phi) is 3.20. The Hall–Kier alpha value is -1.58. The molecule has 4 fully saturated rings. The number of carbonyl (C=O) groups is 1. The van der Waals surface area contributed by atoms with Gasteiger partial charge in [0, 0.05) is 17.8 Å². The lowest BCUT2D eigenvalue weighted by Gasteiger charge is -2.57. The van der Waals surface area contributed by atoms with E-state index in [9.17, 15) is 4.79 Å². The molecule has 1 spiro atoms. The third kappa shape index (κ3) is 1.85. The van der Waals surface area contributed by atoms with Crippen molar-refractivity contribution in [3.8, 4) is 0 Å². The second-order valence-electron chi connectivity index (χ2n) is 9.92. The van der Waals surface area contributed by atoms with E-state index in [0.29, 0.717) is 36.0 Å². The molecule has 3 saturated carbocycles. The zero-order valence-corrected chi connectivity index (χ0v) is 16.1. The first-order chi connectivity index (χ1) is 13.1. The molecule has 8 atom stereocenters. The number of rotatable bonds is 1. The van der Waals surface area contributed by atoms with Crippen LogP contribution in [0.25, 0.3) is 0 Å². The number of hydrogen-bond donors (Lipinski definition) is 1. The number of esters is 1. The van der Waals surface area contributed by atoms with E-state index in [1.54, 1.807) is 0 Å². The van der Waals surface area contributed by atoms with Crippen LogP contribution in [0.3, 0.4) is 0 Å². The molecule has 4 heteroatoms. The average molecular weight is 367 g/mol. The molecular formula is C23H29NO3. The van der Waals surface area contributed by atoms with Crippen LogP contribution in [-0.2, 0) is 9.53 Å². The molecule has 4 nitrogen and oxygen atoms in total.